The summed E-state index contributed by atoms with van der Waals surface area (Å²) in [6, 6.07) is 0. The van der Waals surface area contributed by atoms with Crippen LogP contribution in [0.5, 0.6) is 0 Å². The normalized spacial score (nSPS) is 13.2. The number of aromatic nitrogens is 3. The summed E-state index contributed by atoms with van der Waals surface area (Å²) in [5.41, 5.74) is 1.17. The molecule has 0 aromatic carbocycles. The second kappa shape index (κ2) is 3.92. The van der Waals surface area contributed by atoms with Crippen molar-refractivity contribution >= 4 is 17.2 Å². The number of H-pyrrole nitrogens is 1. The summed E-state index contributed by atoms with van der Waals surface area (Å²) in [5.74, 6) is 0. The number of fused-ring (bicyclic) bond motifs is 1. The molecule has 0 radical (unpaired) electrons. The summed E-state index contributed by atoms with van der Waals surface area (Å²) in [6.07, 6.45) is 1.29. The molecular weight excluding hydrogens is 230 g/mol. The molecule has 86 valence electrons. The van der Waals surface area contributed by atoms with Crippen molar-refractivity contribution < 1.29 is 5.11 Å². The predicted octanol–water partition coefficient (Wildman–Crippen LogP) is 0.908. The van der Waals surface area contributed by atoms with E-state index in [1.165, 1.54) is 4.52 Å². The summed E-state index contributed by atoms with van der Waals surface area (Å²) < 4.78 is 1.49. The van der Waals surface area contributed by atoms with Crippen molar-refractivity contribution in [1.82, 2.24) is 14.6 Å². The van der Waals surface area contributed by atoms with E-state index in [-0.39, 0.29) is 17.0 Å². The highest BCUT2D eigenvalue weighted by Crippen LogP contribution is 2.12. The van der Waals surface area contributed by atoms with Crippen LogP contribution in [0.15, 0.2) is 11.0 Å². The van der Waals surface area contributed by atoms with Crippen molar-refractivity contribution in [3.05, 3.63) is 32.8 Å². The molecule has 5 nitrogen and oxygen atoms in total. The number of nitrogens with zero attached hydrogens (tertiary/aromatic N) is 2. The highest BCUT2D eigenvalue weighted by atomic mass is 35.5. The molecule has 0 aliphatic carbocycles. The molecule has 1 atom stereocenters. The van der Waals surface area contributed by atoms with E-state index < -0.39 is 6.10 Å². The number of halogens is 1. The van der Waals surface area contributed by atoms with E-state index >= 15 is 0 Å². The number of imidazole rings is 1. The first kappa shape index (κ1) is 11.2. The van der Waals surface area contributed by atoms with Gasteiger partial charge in [0.2, 0.25) is 11.1 Å². The fraction of sp³-hybridized carbons (Fsp3) is 0.400. The molecule has 0 spiro atoms. The first-order chi connectivity index (χ1) is 7.49. The molecule has 6 heteroatoms. The zero-order valence-corrected chi connectivity index (χ0v) is 9.75. The van der Waals surface area contributed by atoms with Crippen molar-refractivity contribution in [1.29, 1.82) is 0 Å². The van der Waals surface area contributed by atoms with Gasteiger partial charge in [-0.25, -0.2) is 9.50 Å². The number of aliphatic hydroxyl groups is 1. The quantitative estimate of drug-likeness (QED) is 0.821. The van der Waals surface area contributed by atoms with Gasteiger partial charge in [-0.2, -0.15) is 0 Å². The first-order valence-corrected chi connectivity index (χ1v) is 5.31. The van der Waals surface area contributed by atoms with Gasteiger partial charge >= 0.3 is 0 Å². The maximum Gasteiger partial charge on any atom is 0.229 e. The zero-order chi connectivity index (χ0) is 11.9. The van der Waals surface area contributed by atoms with Crippen molar-refractivity contribution in [2.75, 3.05) is 0 Å². The second-order valence-corrected chi connectivity index (χ2v) is 4.24. The Kier molecular flexibility index (Phi) is 2.73. The lowest BCUT2D eigenvalue weighted by Crippen LogP contribution is -2.19. The highest BCUT2D eigenvalue weighted by molar-refractivity contribution is 6.30. The van der Waals surface area contributed by atoms with E-state index in [1.807, 2.05) is 0 Å². The van der Waals surface area contributed by atoms with Gasteiger partial charge in [-0.05, 0) is 13.8 Å². The van der Waals surface area contributed by atoms with Crippen LogP contribution >= 0.6 is 11.6 Å². The number of aryl methyl sites for hydroxylation is 1. The fourth-order valence-electron chi connectivity index (χ4n) is 1.63. The van der Waals surface area contributed by atoms with Gasteiger partial charge in [0.25, 0.3) is 0 Å². The molecule has 0 bridgehead atoms. The third kappa shape index (κ3) is 1.83. The molecule has 0 aliphatic rings. The van der Waals surface area contributed by atoms with E-state index in [2.05, 4.69) is 10.1 Å². The summed E-state index contributed by atoms with van der Waals surface area (Å²) >= 11 is 5.95. The highest BCUT2D eigenvalue weighted by Gasteiger charge is 2.14. The lowest BCUT2D eigenvalue weighted by Gasteiger charge is -2.06. The van der Waals surface area contributed by atoms with Crippen molar-refractivity contribution in [2.24, 2.45) is 0 Å². The molecular formula is C10H12ClN3O2. The van der Waals surface area contributed by atoms with Crippen molar-refractivity contribution in [3.8, 4) is 0 Å². The van der Waals surface area contributed by atoms with Crippen LogP contribution in [0, 0.1) is 6.92 Å². The van der Waals surface area contributed by atoms with Gasteiger partial charge in [0.05, 0.1) is 18.0 Å². The first-order valence-electron chi connectivity index (χ1n) is 4.93. The number of nitrogens with one attached hydrogen (secondary N) is 1. The zero-order valence-electron chi connectivity index (χ0n) is 8.99. The second-order valence-electron chi connectivity index (χ2n) is 3.86. The standard InChI is InChI=1S/C10H12ClN3O2/c1-5-4-14-10(12-5)8(16)7(3-6(2)15)9(11)13-14/h4,6,13,15H,3H2,1-2H3. The minimum atomic E-state index is -0.614. The molecule has 2 N–H and O–H groups in total. The van der Waals surface area contributed by atoms with Gasteiger partial charge in [-0.1, -0.05) is 11.6 Å². The van der Waals surface area contributed by atoms with Gasteiger partial charge in [0.1, 0.15) is 5.15 Å². The van der Waals surface area contributed by atoms with Crippen LogP contribution in [0.25, 0.3) is 5.65 Å². The molecule has 0 amide bonds. The molecule has 0 saturated heterocycles. The average molecular weight is 242 g/mol. The number of hydrogen-bond donors (Lipinski definition) is 2. The van der Waals surface area contributed by atoms with Crippen molar-refractivity contribution in [2.45, 2.75) is 26.4 Å². The van der Waals surface area contributed by atoms with Gasteiger partial charge in [0, 0.05) is 12.0 Å². The number of rotatable bonds is 2. The maximum absolute atomic E-state index is 12.0. The van der Waals surface area contributed by atoms with Crippen LogP contribution in [0.4, 0.5) is 0 Å². The molecule has 2 heterocycles. The van der Waals surface area contributed by atoms with Crippen LogP contribution in [0.1, 0.15) is 18.2 Å². The lowest BCUT2D eigenvalue weighted by atomic mass is 10.1. The Bertz CT molecular complexity index is 585. The third-order valence-corrected chi connectivity index (χ3v) is 2.60. The summed E-state index contributed by atoms with van der Waals surface area (Å²) in [4.78, 5) is 16.1. The Hall–Kier alpha value is -1.33. The van der Waals surface area contributed by atoms with Gasteiger partial charge in [-0.15, -0.1) is 0 Å². The van der Waals surface area contributed by atoms with E-state index in [9.17, 15) is 9.90 Å². The molecule has 2 rings (SSSR count). The van der Waals surface area contributed by atoms with E-state index in [4.69, 9.17) is 11.6 Å². The SMILES string of the molecule is Cc1cn2[nH]c(Cl)c(CC(C)O)c(=O)c2n1. The Morgan fingerprint density at radius 3 is 3.00 bits per heavy atom. The summed E-state index contributed by atoms with van der Waals surface area (Å²) in [5, 5.41) is 12.4. The Morgan fingerprint density at radius 1 is 1.69 bits per heavy atom. The number of aliphatic hydroxyl groups excluding tert-OH is 1. The lowest BCUT2D eigenvalue weighted by molar-refractivity contribution is 0.195. The molecule has 0 fully saturated rings. The minimum Gasteiger partial charge on any atom is -0.393 e. The molecule has 2 aromatic heterocycles. The smallest absolute Gasteiger partial charge is 0.229 e. The minimum absolute atomic E-state index is 0.219. The van der Waals surface area contributed by atoms with Gasteiger partial charge in [-0.3, -0.25) is 9.89 Å². The van der Waals surface area contributed by atoms with Crippen LogP contribution in [0.2, 0.25) is 5.15 Å². The average Bonchev–Trinajstić information content (AvgIpc) is 2.53. The molecule has 2 aromatic rings. The van der Waals surface area contributed by atoms with Gasteiger partial charge in [0.15, 0.2) is 0 Å². The van der Waals surface area contributed by atoms with Crippen LogP contribution in [-0.2, 0) is 6.42 Å². The van der Waals surface area contributed by atoms with E-state index in [1.54, 1.807) is 20.0 Å². The Morgan fingerprint density at radius 2 is 2.38 bits per heavy atom. The molecule has 0 aliphatic heterocycles. The largest absolute Gasteiger partial charge is 0.393 e. The molecule has 1 unspecified atom stereocenters. The molecule has 0 saturated carbocycles. The van der Waals surface area contributed by atoms with E-state index in [0.29, 0.717) is 11.2 Å². The van der Waals surface area contributed by atoms with Gasteiger partial charge < -0.3 is 5.11 Å². The monoisotopic (exact) mass is 241 g/mol. The molecule has 16 heavy (non-hydrogen) atoms. The van der Waals surface area contributed by atoms with Crippen LogP contribution in [0.3, 0.4) is 0 Å². The van der Waals surface area contributed by atoms with Crippen LogP contribution in [-0.4, -0.2) is 25.8 Å². The Balaban J connectivity index is 2.70. The maximum atomic E-state index is 12.0. The number of hydrogen-bond acceptors (Lipinski definition) is 3. The predicted molar refractivity (Wildman–Crippen MR) is 60.9 cm³/mol. The van der Waals surface area contributed by atoms with Crippen LogP contribution < -0.4 is 5.43 Å². The summed E-state index contributed by atoms with van der Waals surface area (Å²) in [7, 11) is 0. The Labute approximate surface area is 96.7 Å². The van der Waals surface area contributed by atoms with E-state index in [0.717, 1.165) is 5.69 Å². The van der Waals surface area contributed by atoms with Crippen molar-refractivity contribution in [3.63, 3.8) is 0 Å². The fourth-order valence-corrected chi connectivity index (χ4v) is 1.88. The summed E-state index contributed by atoms with van der Waals surface area (Å²) in [6.45, 7) is 3.40. The third-order valence-electron chi connectivity index (χ3n) is 2.29. The topological polar surface area (TPSA) is 70.4 Å². The number of aromatic amines is 1.